The summed E-state index contributed by atoms with van der Waals surface area (Å²) in [5.74, 6) is -1.16. The van der Waals surface area contributed by atoms with Gasteiger partial charge < -0.3 is 5.32 Å². The maximum atomic E-state index is 13.6. The number of hydrogen-bond acceptors (Lipinski definition) is 4. The van der Waals surface area contributed by atoms with Gasteiger partial charge in [-0.2, -0.15) is 10.3 Å². The third kappa shape index (κ3) is 3.94. The predicted octanol–water partition coefficient (Wildman–Crippen LogP) is 2.29. The van der Waals surface area contributed by atoms with Gasteiger partial charge in [-0.3, -0.25) is 9.59 Å². The maximum absolute atomic E-state index is 13.6. The largest absolute Gasteiger partial charge is 0.346 e. The molecule has 1 heterocycles. The van der Waals surface area contributed by atoms with Gasteiger partial charge in [-0.1, -0.05) is 52.3 Å². The fourth-order valence-electron chi connectivity index (χ4n) is 2.12. The van der Waals surface area contributed by atoms with Gasteiger partial charge in [-0.15, -0.1) is 9.89 Å². The maximum Gasteiger partial charge on any atom is 0.320 e. The molecule has 0 spiro atoms. The lowest BCUT2D eigenvalue weighted by Gasteiger charge is -2.03. The number of hydrogen-bond donors (Lipinski definition) is 2. The van der Waals surface area contributed by atoms with Crippen molar-refractivity contribution in [3.05, 3.63) is 86.0 Å². The molecule has 0 bridgehead atoms. The van der Waals surface area contributed by atoms with Gasteiger partial charge in [0, 0.05) is 22.1 Å². The van der Waals surface area contributed by atoms with Crippen molar-refractivity contribution in [2.24, 2.45) is 5.10 Å². The van der Waals surface area contributed by atoms with Gasteiger partial charge >= 0.3 is 5.56 Å². The van der Waals surface area contributed by atoms with Crippen LogP contribution in [0.5, 0.6) is 0 Å². The van der Waals surface area contributed by atoms with Gasteiger partial charge in [0.1, 0.15) is 5.82 Å². The first-order valence-corrected chi connectivity index (χ1v) is 8.33. The van der Waals surface area contributed by atoms with E-state index < -0.39 is 17.3 Å². The molecule has 9 heteroatoms. The molecule has 0 saturated carbocycles. The van der Waals surface area contributed by atoms with E-state index in [-0.39, 0.29) is 12.2 Å². The van der Waals surface area contributed by atoms with Crippen LogP contribution < -0.4 is 10.9 Å². The molecular weight excluding hydrogens is 405 g/mol. The SMILES string of the molecule is O=C(NCc1ccccc1F)c1n[nH]n(N=Cc2ccccc2Br)c1=O. The summed E-state index contributed by atoms with van der Waals surface area (Å²) in [5, 5.41) is 12.5. The highest BCUT2D eigenvalue weighted by Crippen LogP contribution is 2.13. The lowest BCUT2D eigenvalue weighted by atomic mass is 10.2. The molecule has 0 atom stereocenters. The third-order valence-electron chi connectivity index (χ3n) is 3.48. The zero-order valence-corrected chi connectivity index (χ0v) is 14.9. The van der Waals surface area contributed by atoms with Crippen LogP contribution in [0.15, 0.2) is 62.9 Å². The topological polar surface area (TPSA) is 92.1 Å². The minimum Gasteiger partial charge on any atom is -0.346 e. The number of aromatic nitrogens is 3. The summed E-state index contributed by atoms with van der Waals surface area (Å²) >= 11 is 3.37. The zero-order chi connectivity index (χ0) is 18.5. The quantitative estimate of drug-likeness (QED) is 0.623. The molecule has 0 aliphatic rings. The number of carbonyl (C=O) groups is 1. The monoisotopic (exact) mass is 417 g/mol. The molecule has 3 rings (SSSR count). The van der Waals surface area contributed by atoms with Crippen LogP contribution in [0, 0.1) is 5.82 Å². The highest BCUT2D eigenvalue weighted by atomic mass is 79.9. The summed E-state index contributed by atoms with van der Waals surface area (Å²) in [4.78, 5) is 25.2. The zero-order valence-electron chi connectivity index (χ0n) is 13.3. The van der Waals surface area contributed by atoms with Crippen molar-refractivity contribution in [2.45, 2.75) is 6.54 Å². The normalized spacial score (nSPS) is 11.0. The number of rotatable bonds is 5. The van der Waals surface area contributed by atoms with E-state index >= 15 is 0 Å². The van der Waals surface area contributed by atoms with Crippen LogP contribution in [0.2, 0.25) is 0 Å². The molecule has 1 amide bonds. The molecule has 0 aliphatic carbocycles. The summed E-state index contributed by atoms with van der Waals surface area (Å²) in [6.07, 6.45) is 1.45. The molecule has 0 aliphatic heterocycles. The second-order valence-corrected chi connectivity index (χ2v) is 6.07. The molecule has 0 fully saturated rings. The average molecular weight is 418 g/mol. The molecule has 26 heavy (non-hydrogen) atoms. The van der Waals surface area contributed by atoms with Crippen molar-refractivity contribution in [1.82, 2.24) is 20.4 Å². The van der Waals surface area contributed by atoms with Crippen LogP contribution in [0.4, 0.5) is 4.39 Å². The third-order valence-corrected chi connectivity index (χ3v) is 4.20. The van der Waals surface area contributed by atoms with E-state index in [2.05, 4.69) is 36.7 Å². The molecule has 1 aromatic heterocycles. The van der Waals surface area contributed by atoms with Crippen LogP contribution in [-0.4, -0.2) is 27.2 Å². The number of nitrogens with zero attached hydrogens (tertiary/aromatic N) is 3. The summed E-state index contributed by atoms with van der Waals surface area (Å²) in [5.41, 5.74) is -0.00633. The van der Waals surface area contributed by atoms with E-state index in [0.717, 1.165) is 14.8 Å². The minimum atomic E-state index is -0.718. The summed E-state index contributed by atoms with van der Waals surface area (Å²) in [6.45, 7) is -0.0575. The number of amides is 1. The first-order chi connectivity index (χ1) is 12.6. The van der Waals surface area contributed by atoms with E-state index in [1.165, 1.54) is 12.3 Å². The van der Waals surface area contributed by atoms with Gasteiger partial charge in [0.05, 0.1) is 6.21 Å². The average Bonchev–Trinajstić information content (AvgIpc) is 3.01. The van der Waals surface area contributed by atoms with Crippen LogP contribution in [-0.2, 0) is 6.54 Å². The molecule has 7 nitrogen and oxygen atoms in total. The Morgan fingerprint density at radius 2 is 2.00 bits per heavy atom. The van der Waals surface area contributed by atoms with Crippen LogP contribution in [0.3, 0.4) is 0 Å². The number of halogens is 2. The smallest absolute Gasteiger partial charge is 0.320 e. The fourth-order valence-corrected chi connectivity index (χ4v) is 2.50. The summed E-state index contributed by atoms with van der Waals surface area (Å²) < 4.78 is 14.4. The van der Waals surface area contributed by atoms with E-state index in [4.69, 9.17) is 0 Å². The Kier molecular flexibility index (Phi) is 5.37. The number of carbonyl (C=O) groups excluding carboxylic acids is 1. The van der Waals surface area contributed by atoms with E-state index in [9.17, 15) is 14.0 Å². The number of nitrogens with one attached hydrogen (secondary N) is 2. The van der Waals surface area contributed by atoms with E-state index in [1.807, 2.05) is 18.2 Å². The first-order valence-electron chi connectivity index (χ1n) is 7.54. The number of benzene rings is 2. The Labute approximate surface area is 155 Å². The molecule has 3 aromatic rings. The predicted molar refractivity (Wildman–Crippen MR) is 97.6 cm³/mol. The fraction of sp³-hybridized carbons (Fsp3) is 0.0588. The van der Waals surface area contributed by atoms with Crippen molar-refractivity contribution in [2.75, 3.05) is 0 Å². The number of aromatic amines is 1. The first kappa shape index (κ1) is 17.7. The van der Waals surface area contributed by atoms with Crippen molar-refractivity contribution in [3.63, 3.8) is 0 Å². The van der Waals surface area contributed by atoms with Gasteiger partial charge in [-0.05, 0) is 12.1 Å². The van der Waals surface area contributed by atoms with E-state index in [1.54, 1.807) is 24.3 Å². The molecule has 132 valence electrons. The van der Waals surface area contributed by atoms with Gasteiger partial charge in [-0.25, -0.2) is 4.39 Å². The van der Waals surface area contributed by atoms with Gasteiger partial charge in [0.15, 0.2) is 0 Å². The minimum absolute atomic E-state index is 0.0575. The Hall–Kier alpha value is -3.07. The summed E-state index contributed by atoms with van der Waals surface area (Å²) in [6, 6.07) is 13.3. The van der Waals surface area contributed by atoms with Crippen molar-refractivity contribution in [3.8, 4) is 0 Å². The Morgan fingerprint density at radius 3 is 2.77 bits per heavy atom. The summed E-state index contributed by atoms with van der Waals surface area (Å²) in [7, 11) is 0. The molecule has 0 saturated heterocycles. The molecule has 0 radical (unpaired) electrons. The highest BCUT2D eigenvalue weighted by molar-refractivity contribution is 9.10. The molecule has 2 N–H and O–H groups in total. The van der Waals surface area contributed by atoms with Crippen LogP contribution in [0.1, 0.15) is 21.6 Å². The van der Waals surface area contributed by atoms with Crippen LogP contribution in [0.25, 0.3) is 0 Å². The second kappa shape index (κ2) is 7.87. The van der Waals surface area contributed by atoms with Crippen molar-refractivity contribution < 1.29 is 9.18 Å². The Balaban J connectivity index is 1.72. The number of H-pyrrole nitrogens is 1. The standard InChI is InChI=1S/C17H13BrFN5O2/c18-13-7-3-1-5-11(13)10-21-24-17(26)15(22-23-24)16(25)20-9-12-6-2-4-8-14(12)19/h1-8,10,23H,9H2,(H,20,25). The molecule has 2 aromatic carbocycles. The van der Waals surface area contributed by atoms with Crippen molar-refractivity contribution >= 4 is 28.1 Å². The molecule has 0 unspecified atom stereocenters. The second-order valence-electron chi connectivity index (χ2n) is 5.22. The van der Waals surface area contributed by atoms with E-state index in [0.29, 0.717) is 5.56 Å². The van der Waals surface area contributed by atoms with Gasteiger partial charge in [0.25, 0.3) is 5.91 Å². The molecular formula is C17H13BrFN5O2. The lowest BCUT2D eigenvalue weighted by molar-refractivity contribution is 0.0944. The van der Waals surface area contributed by atoms with Gasteiger partial charge in [0.2, 0.25) is 5.69 Å². The Bertz CT molecular complexity index is 1030. The Morgan fingerprint density at radius 1 is 1.27 bits per heavy atom. The van der Waals surface area contributed by atoms with Crippen LogP contribution >= 0.6 is 15.9 Å². The van der Waals surface area contributed by atoms with Crippen molar-refractivity contribution in [1.29, 1.82) is 0 Å². The highest BCUT2D eigenvalue weighted by Gasteiger charge is 2.16. The lowest BCUT2D eigenvalue weighted by Crippen LogP contribution is -2.29.